The van der Waals surface area contributed by atoms with Crippen molar-refractivity contribution < 1.29 is 23.6 Å². The number of nitrogens with zero attached hydrogens (tertiary/aromatic N) is 2. The van der Waals surface area contributed by atoms with Crippen molar-refractivity contribution in [3.8, 4) is 11.5 Å². The molecule has 2 aromatic carbocycles. The molecule has 0 radical (unpaired) electrons. The minimum absolute atomic E-state index is 0.127. The summed E-state index contributed by atoms with van der Waals surface area (Å²) in [6.45, 7) is 9.42. The van der Waals surface area contributed by atoms with Gasteiger partial charge in [-0.1, -0.05) is 23.4 Å². The first-order valence-corrected chi connectivity index (χ1v) is 10.8. The summed E-state index contributed by atoms with van der Waals surface area (Å²) >= 11 is 0. The molecular formula is C25H27N3O5. The van der Waals surface area contributed by atoms with Crippen LogP contribution in [0, 0.1) is 27.7 Å². The van der Waals surface area contributed by atoms with Crippen LogP contribution in [0.25, 0.3) is 0 Å². The molecule has 0 spiro atoms. The van der Waals surface area contributed by atoms with E-state index in [2.05, 4.69) is 10.5 Å². The van der Waals surface area contributed by atoms with Gasteiger partial charge in [-0.3, -0.25) is 9.59 Å². The standard InChI is InChI=1S/C25H27N3O5/c1-14-7-6-8-15(2)24(14)31-13-23(29)26-19-9-10-22-21(11-19)28(25(30)18(5)32-22)12-20-16(3)27-33-17(20)4/h6-11,18H,12-13H2,1-5H3,(H,26,29). The van der Waals surface area contributed by atoms with Crippen molar-refractivity contribution in [3.63, 3.8) is 0 Å². The third kappa shape index (κ3) is 4.55. The maximum absolute atomic E-state index is 12.9. The predicted molar refractivity (Wildman–Crippen MR) is 124 cm³/mol. The third-order valence-electron chi connectivity index (χ3n) is 5.70. The number of benzene rings is 2. The number of aromatic nitrogens is 1. The van der Waals surface area contributed by atoms with Crippen LogP contribution in [0.5, 0.6) is 11.5 Å². The van der Waals surface area contributed by atoms with Crippen LogP contribution >= 0.6 is 0 Å². The van der Waals surface area contributed by atoms with E-state index >= 15 is 0 Å². The second-order valence-electron chi connectivity index (χ2n) is 8.23. The van der Waals surface area contributed by atoms with Gasteiger partial charge in [0.15, 0.2) is 12.7 Å². The highest BCUT2D eigenvalue weighted by Crippen LogP contribution is 2.37. The van der Waals surface area contributed by atoms with Gasteiger partial charge in [-0.25, -0.2) is 0 Å². The number of hydrogen-bond donors (Lipinski definition) is 1. The summed E-state index contributed by atoms with van der Waals surface area (Å²) in [5, 5.41) is 6.82. The number of anilines is 2. The number of hydrogen-bond acceptors (Lipinski definition) is 6. The summed E-state index contributed by atoms with van der Waals surface area (Å²) in [6, 6.07) is 11.1. The number of para-hydroxylation sites is 1. The van der Waals surface area contributed by atoms with Gasteiger partial charge in [0.25, 0.3) is 11.8 Å². The topological polar surface area (TPSA) is 93.9 Å². The molecule has 0 saturated heterocycles. The highest BCUT2D eigenvalue weighted by atomic mass is 16.5. The minimum Gasteiger partial charge on any atom is -0.483 e. The van der Waals surface area contributed by atoms with Crippen molar-refractivity contribution in [3.05, 3.63) is 64.5 Å². The molecule has 4 rings (SSSR count). The van der Waals surface area contributed by atoms with Gasteiger partial charge in [0.1, 0.15) is 17.3 Å². The smallest absolute Gasteiger partial charge is 0.268 e. The largest absolute Gasteiger partial charge is 0.483 e. The van der Waals surface area contributed by atoms with Gasteiger partial charge in [0.2, 0.25) is 0 Å². The van der Waals surface area contributed by atoms with Crippen molar-refractivity contribution in [2.45, 2.75) is 47.3 Å². The zero-order valence-electron chi connectivity index (χ0n) is 19.4. The predicted octanol–water partition coefficient (Wildman–Crippen LogP) is 4.24. The van der Waals surface area contributed by atoms with Crippen LogP contribution in [-0.2, 0) is 16.1 Å². The average Bonchev–Trinajstić information content (AvgIpc) is 3.08. The number of rotatable bonds is 6. The second kappa shape index (κ2) is 8.97. The summed E-state index contributed by atoms with van der Waals surface area (Å²) in [6.07, 6.45) is -0.621. The van der Waals surface area contributed by atoms with Gasteiger partial charge >= 0.3 is 0 Å². The summed E-state index contributed by atoms with van der Waals surface area (Å²) in [5.41, 5.74) is 4.63. The Balaban J connectivity index is 1.53. The number of amides is 2. The molecule has 8 heteroatoms. The van der Waals surface area contributed by atoms with Crippen molar-refractivity contribution in [2.24, 2.45) is 0 Å². The van der Waals surface area contributed by atoms with E-state index in [9.17, 15) is 9.59 Å². The molecule has 1 aliphatic rings. The van der Waals surface area contributed by atoms with E-state index in [0.717, 1.165) is 22.4 Å². The Morgan fingerprint density at radius 1 is 1.15 bits per heavy atom. The molecule has 1 N–H and O–H groups in total. The molecular weight excluding hydrogens is 422 g/mol. The van der Waals surface area contributed by atoms with Crippen molar-refractivity contribution >= 4 is 23.2 Å². The first kappa shape index (κ1) is 22.4. The molecule has 0 aliphatic carbocycles. The van der Waals surface area contributed by atoms with Gasteiger partial charge in [0.05, 0.1) is 17.9 Å². The van der Waals surface area contributed by atoms with E-state index in [-0.39, 0.29) is 18.4 Å². The molecule has 1 aliphatic heterocycles. The van der Waals surface area contributed by atoms with E-state index in [4.69, 9.17) is 14.0 Å². The number of carbonyl (C=O) groups is 2. The van der Waals surface area contributed by atoms with Crippen molar-refractivity contribution in [1.29, 1.82) is 0 Å². The molecule has 33 heavy (non-hydrogen) atoms. The molecule has 2 heterocycles. The van der Waals surface area contributed by atoms with Crippen LogP contribution in [0.2, 0.25) is 0 Å². The summed E-state index contributed by atoms with van der Waals surface area (Å²) < 4.78 is 16.8. The van der Waals surface area contributed by atoms with E-state index in [0.29, 0.717) is 35.2 Å². The van der Waals surface area contributed by atoms with Crippen molar-refractivity contribution in [2.75, 3.05) is 16.8 Å². The monoisotopic (exact) mass is 449 g/mol. The first-order chi connectivity index (χ1) is 15.7. The number of aryl methyl sites for hydroxylation is 4. The number of ether oxygens (including phenoxy) is 2. The number of fused-ring (bicyclic) bond motifs is 1. The average molecular weight is 450 g/mol. The lowest BCUT2D eigenvalue weighted by atomic mass is 10.1. The lowest BCUT2D eigenvalue weighted by molar-refractivity contribution is -0.125. The van der Waals surface area contributed by atoms with Crippen LogP contribution < -0.4 is 19.7 Å². The zero-order chi connectivity index (χ0) is 23.7. The molecule has 1 aromatic heterocycles. The Labute approximate surface area is 192 Å². The van der Waals surface area contributed by atoms with E-state index in [1.54, 1.807) is 30.0 Å². The highest BCUT2D eigenvalue weighted by Gasteiger charge is 2.33. The molecule has 3 aromatic rings. The van der Waals surface area contributed by atoms with Gasteiger partial charge in [-0.2, -0.15) is 0 Å². The first-order valence-electron chi connectivity index (χ1n) is 10.8. The van der Waals surface area contributed by atoms with Crippen LogP contribution in [0.3, 0.4) is 0 Å². The normalized spacial score (nSPS) is 15.1. The Kier molecular flexibility index (Phi) is 6.09. The molecule has 1 atom stereocenters. The molecule has 1 unspecified atom stereocenters. The molecule has 0 saturated carbocycles. The molecule has 172 valence electrons. The van der Waals surface area contributed by atoms with Gasteiger partial charge in [-0.05, 0) is 63.9 Å². The van der Waals surface area contributed by atoms with Gasteiger partial charge in [-0.15, -0.1) is 0 Å². The van der Waals surface area contributed by atoms with Crippen LogP contribution in [0.4, 0.5) is 11.4 Å². The summed E-state index contributed by atoms with van der Waals surface area (Å²) in [4.78, 5) is 27.1. The molecule has 2 amide bonds. The van der Waals surface area contributed by atoms with Crippen LogP contribution in [0.1, 0.15) is 35.1 Å². The molecule has 8 nitrogen and oxygen atoms in total. The lowest BCUT2D eigenvalue weighted by Gasteiger charge is -2.33. The summed E-state index contributed by atoms with van der Waals surface area (Å²) in [5.74, 6) is 1.46. The second-order valence-corrected chi connectivity index (χ2v) is 8.23. The van der Waals surface area contributed by atoms with E-state index in [1.165, 1.54) is 0 Å². The maximum atomic E-state index is 12.9. The highest BCUT2D eigenvalue weighted by molar-refractivity contribution is 6.01. The Bertz CT molecular complexity index is 1180. The van der Waals surface area contributed by atoms with E-state index in [1.807, 2.05) is 45.9 Å². The Morgan fingerprint density at radius 3 is 2.55 bits per heavy atom. The fourth-order valence-electron chi connectivity index (χ4n) is 3.90. The quantitative estimate of drug-likeness (QED) is 0.605. The molecule has 0 fully saturated rings. The number of carbonyl (C=O) groups excluding carboxylic acids is 2. The van der Waals surface area contributed by atoms with Crippen molar-refractivity contribution in [1.82, 2.24) is 5.16 Å². The fraction of sp³-hybridized carbons (Fsp3) is 0.320. The van der Waals surface area contributed by atoms with E-state index < -0.39 is 6.10 Å². The third-order valence-corrected chi connectivity index (χ3v) is 5.70. The minimum atomic E-state index is -0.621. The van der Waals surface area contributed by atoms with Crippen LogP contribution in [-0.4, -0.2) is 29.7 Å². The zero-order valence-corrected chi connectivity index (χ0v) is 19.4. The maximum Gasteiger partial charge on any atom is 0.268 e. The van der Waals surface area contributed by atoms with Gasteiger partial charge < -0.3 is 24.2 Å². The SMILES string of the molecule is Cc1cccc(C)c1OCC(=O)Nc1ccc2c(c1)N(Cc1c(C)noc1C)C(=O)C(C)O2. The van der Waals surface area contributed by atoms with Crippen LogP contribution in [0.15, 0.2) is 40.9 Å². The molecule has 0 bridgehead atoms. The lowest BCUT2D eigenvalue weighted by Crippen LogP contribution is -2.44. The van der Waals surface area contributed by atoms with Gasteiger partial charge in [0, 0.05) is 11.3 Å². The Hall–Kier alpha value is -3.81. The fourth-order valence-corrected chi connectivity index (χ4v) is 3.90. The summed E-state index contributed by atoms with van der Waals surface area (Å²) in [7, 11) is 0. The Morgan fingerprint density at radius 2 is 1.88 bits per heavy atom. The number of nitrogens with one attached hydrogen (secondary N) is 1.